The molecule has 9 nitrogen and oxygen atoms in total. The van der Waals surface area contributed by atoms with Crippen LogP contribution in [0.1, 0.15) is 30.3 Å². The van der Waals surface area contributed by atoms with Crippen LogP contribution in [0, 0.1) is 10.1 Å². The van der Waals surface area contributed by atoms with Gasteiger partial charge in [0.15, 0.2) is 5.17 Å². The molecule has 0 fully saturated rings. The number of nitro groups is 1. The third kappa shape index (κ3) is 5.11. The summed E-state index contributed by atoms with van der Waals surface area (Å²) in [7, 11) is 0. The maximum Gasteiger partial charge on any atom is 0.269 e. The molecule has 2 amide bonds. The summed E-state index contributed by atoms with van der Waals surface area (Å²) in [5, 5.41) is 18.8. The van der Waals surface area contributed by atoms with Crippen LogP contribution in [0.5, 0.6) is 5.75 Å². The molecule has 10 heteroatoms. The zero-order chi connectivity index (χ0) is 21.0. The van der Waals surface area contributed by atoms with Crippen molar-refractivity contribution in [3.8, 4) is 5.75 Å². The molecule has 0 radical (unpaired) electrons. The van der Waals surface area contributed by atoms with E-state index >= 15 is 0 Å². The number of nitrogens with one attached hydrogen (secondary N) is 1. The number of ether oxygens (including phenoxy) is 1. The van der Waals surface area contributed by atoms with Crippen molar-refractivity contribution >= 4 is 34.4 Å². The fourth-order valence-corrected chi connectivity index (χ4v) is 3.73. The molecule has 3 rings (SSSR count). The van der Waals surface area contributed by atoms with Gasteiger partial charge in [-0.1, -0.05) is 23.9 Å². The lowest BCUT2D eigenvalue weighted by molar-refractivity contribution is -0.384. The maximum absolute atomic E-state index is 11.9. The number of nitrogens with zero attached hydrogens (tertiary/aromatic N) is 3. The van der Waals surface area contributed by atoms with Crippen molar-refractivity contribution < 1.29 is 19.2 Å². The highest BCUT2D eigenvalue weighted by Crippen LogP contribution is 2.39. The van der Waals surface area contributed by atoms with Gasteiger partial charge in [-0.05, 0) is 35.4 Å². The summed E-state index contributed by atoms with van der Waals surface area (Å²) < 4.78 is 5.72. The number of amidine groups is 1. The number of hydrogen-bond acceptors (Lipinski definition) is 7. The van der Waals surface area contributed by atoms with Gasteiger partial charge in [-0.25, -0.2) is 5.01 Å². The minimum Gasteiger partial charge on any atom is -0.489 e. The fraction of sp³-hybridized carbons (Fsp3) is 0.211. The highest BCUT2D eigenvalue weighted by molar-refractivity contribution is 8.14. The first-order valence-corrected chi connectivity index (χ1v) is 9.50. The number of carbonyl (C=O) groups is 2. The first-order valence-electron chi connectivity index (χ1n) is 8.62. The van der Waals surface area contributed by atoms with Gasteiger partial charge >= 0.3 is 0 Å². The minimum atomic E-state index is -0.449. The molecule has 0 aliphatic carbocycles. The van der Waals surface area contributed by atoms with Gasteiger partial charge in [0.25, 0.3) is 5.69 Å². The van der Waals surface area contributed by atoms with E-state index in [1.165, 1.54) is 42.8 Å². The molecule has 1 unspecified atom stereocenters. The number of benzene rings is 2. The van der Waals surface area contributed by atoms with Gasteiger partial charge in [-0.15, -0.1) is 5.10 Å². The molecular weight excluding hydrogens is 396 g/mol. The monoisotopic (exact) mass is 414 g/mol. The maximum atomic E-state index is 11.9. The van der Waals surface area contributed by atoms with Crippen molar-refractivity contribution in [3.05, 3.63) is 69.8 Å². The van der Waals surface area contributed by atoms with Crippen molar-refractivity contribution in [3.63, 3.8) is 0 Å². The van der Waals surface area contributed by atoms with Crippen LogP contribution >= 0.6 is 11.8 Å². The highest BCUT2D eigenvalue weighted by atomic mass is 32.2. The van der Waals surface area contributed by atoms with E-state index in [4.69, 9.17) is 4.74 Å². The Balaban J connectivity index is 1.64. The van der Waals surface area contributed by atoms with Crippen LogP contribution in [0.4, 0.5) is 5.69 Å². The Labute approximate surface area is 170 Å². The normalized spacial score (nSPS) is 15.6. The molecule has 0 saturated heterocycles. The van der Waals surface area contributed by atoms with E-state index in [9.17, 15) is 19.7 Å². The molecule has 2 aromatic rings. The van der Waals surface area contributed by atoms with E-state index in [-0.39, 0.29) is 29.5 Å². The summed E-state index contributed by atoms with van der Waals surface area (Å²) in [6.45, 7) is 3.06. The molecule has 2 aromatic carbocycles. The van der Waals surface area contributed by atoms with Crippen LogP contribution in [0.25, 0.3) is 0 Å². The number of thioether (sulfide) groups is 1. The topological polar surface area (TPSA) is 114 Å². The van der Waals surface area contributed by atoms with Gasteiger partial charge < -0.3 is 10.1 Å². The third-order valence-corrected chi connectivity index (χ3v) is 5.07. The highest BCUT2D eigenvalue weighted by Gasteiger charge is 2.32. The average molecular weight is 414 g/mol. The third-order valence-electron chi connectivity index (χ3n) is 3.97. The fourth-order valence-electron chi connectivity index (χ4n) is 2.59. The lowest BCUT2D eigenvalue weighted by atomic mass is 10.2. The van der Waals surface area contributed by atoms with E-state index < -0.39 is 4.92 Å². The number of amides is 2. The Kier molecular flexibility index (Phi) is 6.13. The standard InChI is InChI=1S/C19H18N4O5S/c1-12(24)20-19-21-22(13(2)25)18(29-19)15-5-9-17(10-6-15)28-11-14-3-7-16(8-4-14)23(26)27/h3-10,18H,11H2,1-2H3,(H,20,21,24). The number of carbonyl (C=O) groups excluding carboxylic acids is 2. The Hall–Kier alpha value is -3.40. The van der Waals surface area contributed by atoms with Gasteiger partial charge in [-0.3, -0.25) is 19.7 Å². The van der Waals surface area contributed by atoms with Crippen LogP contribution in [-0.4, -0.2) is 26.9 Å². The van der Waals surface area contributed by atoms with E-state index in [2.05, 4.69) is 10.4 Å². The summed E-state index contributed by atoms with van der Waals surface area (Å²) in [6.07, 6.45) is 0. The largest absolute Gasteiger partial charge is 0.489 e. The molecule has 0 saturated carbocycles. The Morgan fingerprint density at radius 1 is 1.17 bits per heavy atom. The zero-order valence-electron chi connectivity index (χ0n) is 15.7. The lowest BCUT2D eigenvalue weighted by Gasteiger charge is -2.19. The second-order valence-corrected chi connectivity index (χ2v) is 7.27. The van der Waals surface area contributed by atoms with Crippen LogP contribution in [0.3, 0.4) is 0 Å². The Morgan fingerprint density at radius 2 is 1.83 bits per heavy atom. The van der Waals surface area contributed by atoms with Crippen LogP contribution < -0.4 is 10.1 Å². The van der Waals surface area contributed by atoms with E-state index in [0.717, 1.165) is 11.1 Å². The first-order chi connectivity index (χ1) is 13.8. The summed E-state index contributed by atoms with van der Waals surface area (Å²) in [6, 6.07) is 13.4. The summed E-state index contributed by atoms with van der Waals surface area (Å²) >= 11 is 1.28. The Morgan fingerprint density at radius 3 is 2.38 bits per heavy atom. The molecule has 0 spiro atoms. The molecule has 150 valence electrons. The second-order valence-electron chi connectivity index (χ2n) is 6.20. The van der Waals surface area contributed by atoms with E-state index in [1.807, 2.05) is 12.1 Å². The molecule has 1 aliphatic heterocycles. The van der Waals surface area contributed by atoms with Gasteiger partial charge in [0.05, 0.1) is 4.92 Å². The number of non-ortho nitro benzene ring substituents is 1. The zero-order valence-corrected chi connectivity index (χ0v) is 16.5. The molecule has 29 heavy (non-hydrogen) atoms. The predicted molar refractivity (Wildman–Crippen MR) is 108 cm³/mol. The van der Waals surface area contributed by atoms with Gasteiger partial charge in [0, 0.05) is 26.0 Å². The van der Waals surface area contributed by atoms with Crippen molar-refractivity contribution in [2.75, 3.05) is 0 Å². The molecule has 1 heterocycles. The second kappa shape index (κ2) is 8.74. The van der Waals surface area contributed by atoms with Gasteiger partial charge in [-0.2, -0.15) is 0 Å². The first kappa shape index (κ1) is 20.3. The van der Waals surface area contributed by atoms with Crippen LogP contribution in [0.15, 0.2) is 53.6 Å². The molecule has 0 bridgehead atoms. The van der Waals surface area contributed by atoms with E-state index in [0.29, 0.717) is 10.9 Å². The van der Waals surface area contributed by atoms with Gasteiger partial charge in [0.1, 0.15) is 17.7 Å². The molecule has 1 atom stereocenters. The van der Waals surface area contributed by atoms with Crippen LogP contribution in [0.2, 0.25) is 0 Å². The van der Waals surface area contributed by atoms with Crippen molar-refractivity contribution in [2.45, 2.75) is 25.8 Å². The van der Waals surface area contributed by atoms with Crippen molar-refractivity contribution in [1.29, 1.82) is 0 Å². The van der Waals surface area contributed by atoms with Crippen molar-refractivity contribution in [2.24, 2.45) is 5.10 Å². The molecular formula is C19H18N4O5S. The molecule has 1 N–H and O–H groups in total. The van der Waals surface area contributed by atoms with E-state index in [1.54, 1.807) is 24.3 Å². The molecule has 0 aromatic heterocycles. The smallest absolute Gasteiger partial charge is 0.269 e. The quantitative estimate of drug-likeness (QED) is 0.594. The van der Waals surface area contributed by atoms with Crippen molar-refractivity contribution in [1.82, 2.24) is 10.3 Å². The number of rotatable bonds is 5. The minimum absolute atomic E-state index is 0.0306. The SMILES string of the molecule is CC(=O)NC1=NN(C(C)=O)C(c2ccc(OCc3ccc([N+](=O)[O-])cc3)cc2)S1. The van der Waals surface area contributed by atoms with Crippen LogP contribution in [-0.2, 0) is 16.2 Å². The van der Waals surface area contributed by atoms with Gasteiger partial charge in [0.2, 0.25) is 11.8 Å². The predicted octanol–water partition coefficient (Wildman–Crippen LogP) is 3.17. The summed E-state index contributed by atoms with van der Waals surface area (Å²) in [5.74, 6) is 0.129. The summed E-state index contributed by atoms with van der Waals surface area (Å²) in [4.78, 5) is 33.4. The number of nitro benzene ring substituents is 1. The summed E-state index contributed by atoms with van der Waals surface area (Å²) in [5.41, 5.74) is 1.67. The number of hydrogen-bond donors (Lipinski definition) is 1. The number of hydrazone groups is 1. The lowest BCUT2D eigenvalue weighted by Crippen LogP contribution is -2.25. The molecule has 1 aliphatic rings. The average Bonchev–Trinajstić information content (AvgIpc) is 3.10. The Bertz CT molecular complexity index is 960.